The maximum atomic E-state index is 4.83. The number of hydrogen-bond donors (Lipinski definition) is 0. The highest BCUT2D eigenvalue weighted by atomic mass is 15.1. The molecule has 1 aromatic heterocycles. The average Bonchev–Trinajstić information content (AvgIpc) is 2.75. The molecule has 0 amide bonds. The molecule has 1 aliphatic heterocycles. The quantitative estimate of drug-likeness (QED) is 0.724. The van der Waals surface area contributed by atoms with E-state index in [2.05, 4.69) is 48.9 Å². The Kier molecular flexibility index (Phi) is 2.50. The van der Waals surface area contributed by atoms with Crippen LogP contribution in [0.1, 0.15) is 37.1 Å². The SMILES string of the molecule is Cc1ccccc1-c1cn2c(n1)C(C)CCC2. The third-order valence-corrected chi connectivity index (χ3v) is 3.71. The van der Waals surface area contributed by atoms with Crippen LogP contribution in [0.2, 0.25) is 0 Å². The first-order valence-corrected chi connectivity index (χ1v) is 6.39. The number of aryl methyl sites for hydroxylation is 2. The van der Waals surface area contributed by atoms with E-state index >= 15 is 0 Å². The van der Waals surface area contributed by atoms with Crippen LogP contribution in [0.25, 0.3) is 11.3 Å². The van der Waals surface area contributed by atoms with Crippen molar-refractivity contribution in [1.29, 1.82) is 0 Å². The van der Waals surface area contributed by atoms with Crippen molar-refractivity contribution in [3.05, 3.63) is 41.9 Å². The largest absolute Gasteiger partial charge is 0.334 e. The van der Waals surface area contributed by atoms with Gasteiger partial charge in [-0.3, -0.25) is 0 Å². The van der Waals surface area contributed by atoms with Crippen molar-refractivity contribution in [2.24, 2.45) is 0 Å². The van der Waals surface area contributed by atoms with Crippen LogP contribution in [0.5, 0.6) is 0 Å². The molecule has 2 heteroatoms. The van der Waals surface area contributed by atoms with E-state index in [1.807, 2.05) is 0 Å². The zero-order valence-electron chi connectivity index (χ0n) is 10.5. The van der Waals surface area contributed by atoms with Gasteiger partial charge < -0.3 is 4.57 Å². The Morgan fingerprint density at radius 3 is 2.88 bits per heavy atom. The van der Waals surface area contributed by atoms with Crippen LogP contribution in [0.3, 0.4) is 0 Å². The average molecular weight is 226 g/mol. The highest BCUT2D eigenvalue weighted by molar-refractivity contribution is 5.63. The number of fused-ring (bicyclic) bond motifs is 1. The maximum absolute atomic E-state index is 4.83. The van der Waals surface area contributed by atoms with E-state index in [4.69, 9.17) is 4.98 Å². The van der Waals surface area contributed by atoms with Gasteiger partial charge in [0.15, 0.2) is 0 Å². The van der Waals surface area contributed by atoms with E-state index < -0.39 is 0 Å². The van der Waals surface area contributed by atoms with Crippen molar-refractivity contribution in [2.45, 2.75) is 39.2 Å². The molecule has 0 bridgehead atoms. The fraction of sp³-hybridized carbons (Fsp3) is 0.400. The molecule has 1 atom stereocenters. The smallest absolute Gasteiger partial charge is 0.112 e. The zero-order chi connectivity index (χ0) is 11.8. The molecule has 0 spiro atoms. The first-order chi connectivity index (χ1) is 8.25. The summed E-state index contributed by atoms with van der Waals surface area (Å²) >= 11 is 0. The molecule has 1 unspecified atom stereocenters. The summed E-state index contributed by atoms with van der Waals surface area (Å²) in [5.41, 5.74) is 3.70. The van der Waals surface area contributed by atoms with Crippen molar-refractivity contribution in [1.82, 2.24) is 9.55 Å². The van der Waals surface area contributed by atoms with Gasteiger partial charge in [0.2, 0.25) is 0 Å². The Morgan fingerprint density at radius 2 is 2.12 bits per heavy atom. The van der Waals surface area contributed by atoms with Crippen molar-refractivity contribution >= 4 is 0 Å². The second-order valence-electron chi connectivity index (χ2n) is 5.04. The molecule has 2 nitrogen and oxygen atoms in total. The molecular formula is C15H18N2. The summed E-state index contributed by atoms with van der Waals surface area (Å²) in [7, 11) is 0. The third kappa shape index (κ3) is 1.78. The molecule has 0 radical (unpaired) electrons. The summed E-state index contributed by atoms with van der Waals surface area (Å²) in [4.78, 5) is 4.83. The van der Waals surface area contributed by atoms with Crippen LogP contribution in [-0.4, -0.2) is 9.55 Å². The number of imidazole rings is 1. The minimum Gasteiger partial charge on any atom is -0.334 e. The summed E-state index contributed by atoms with van der Waals surface area (Å²) in [6.45, 7) is 5.55. The molecule has 0 saturated carbocycles. The normalized spacial score (nSPS) is 19.1. The van der Waals surface area contributed by atoms with Gasteiger partial charge in [0, 0.05) is 24.2 Å². The molecule has 2 aromatic rings. The highest BCUT2D eigenvalue weighted by Crippen LogP contribution is 2.30. The lowest BCUT2D eigenvalue weighted by atomic mass is 10.0. The fourth-order valence-electron chi connectivity index (χ4n) is 2.69. The van der Waals surface area contributed by atoms with E-state index in [0.717, 1.165) is 12.2 Å². The molecule has 17 heavy (non-hydrogen) atoms. The molecule has 88 valence electrons. The Balaban J connectivity index is 2.08. The second kappa shape index (κ2) is 4.02. The van der Waals surface area contributed by atoms with E-state index in [-0.39, 0.29) is 0 Å². The first kappa shape index (κ1) is 10.6. The maximum Gasteiger partial charge on any atom is 0.112 e. The first-order valence-electron chi connectivity index (χ1n) is 6.39. The minimum atomic E-state index is 0.599. The van der Waals surface area contributed by atoms with Crippen molar-refractivity contribution in [3.8, 4) is 11.3 Å². The van der Waals surface area contributed by atoms with E-state index in [9.17, 15) is 0 Å². The number of hydrogen-bond acceptors (Lipinski definition) is 1. The topological polar surface area (TPSA) is 17.8 Å². The van der Waals surface area contributed by atoms with Gasteiger partial charge in [-0.1, -0.05) is 31.2 Å². The predicted octanol–water partition coefficient (Wildman–Crippen LogP) is 3.76. The second-order valence-corrected chi connectivity index (χ2v) is 5.04. The molecule has 0 saturated heterocycles. The monoisotopic (exact) mass is 226 g/mol. The Hall–Kier alpha value is -1.57. The van der Waals surface area contributed by atoms with Crippen LogP contribution in [0.4, 0.5) is 0 Å². The van der Waals surface area contributed by atoms with Crippen molar-refractivity contribution in [2.75, 3.05) is 0 Å². The number of nitrogens with zero attached hydrogens (tertiary/aromatic N) is 2. The van der Waals surface area contributed by atoms with Crippen LogP contribution in [-0.2, 0) is 6.54 Å². The summed E-state index contributed by atoms with van der Waals surface area (Å²) < 4.78 is 2.33. The fourth-order valence-corrected chi connectivity index (χ4v) is 2.69. The summed E-state index contributed by atoms with van der Waals surface area (Å²) in [5.74, 6) is 1.86. The van der Waals surface area contributed by atoms with E-state index in [1.165, 1.54) is 29.8 Å². The van der Waals surface area contributed by atoms with E-state index in [1.54, 1.807) is 0 Å². The molecular weight excluding hydrogens is 208 g/mol. The molecule has 0 fully saturated rings. The number of benzene rings is 1. The Morgan fingerprint density at radius 1 is 1.29 bits per heavy atom. The van der Waals surface area contributed by atoms with Gasteiger partial charge in [-0.2, -0.15) is 0 Å². The van der Waals surface area contributed by atoms with Crippen LogP contribution in [0, 0.1) is 6.92 Å². The highest BCUT2D eigenvalue weighted by Gasteiger charge is 2.19. The van der Waals surface area contributed by atoms with E-state index in [0.29, 0.717) is 5.92 Å². The van der Waals surface area contributed by atoms with Gasteiger partial charge in [-0.05, 0) is 25.3 Å². The lowest BCUT2D eigenvalue weighted by Crippen LogP contribution is -2.12. The van der Waals surface area contributed by atoms with Gasteiger partial charge in [0.05, 0.1) is 5.69 Å². The lowest BCUT2D eigenvalue weighted by molar-refractivity contribution is 0.463. The predicted molar refractivity (Wildman–Crippen MR) is 70.0 cm³/mol. The van der Waals surface area contributed by atoms with Gasteiger partial charge in [0.25, 0.3) is 0 Å². The molecule has 0 aliphatic carbocycles. The van der Waals surface area contributed by atoms with Gasteiger partial charge >= 0.3 is 0 Å². The number of aromatic nitrogens is 2. The van der Waals surface area contributed by atoms with Gasteiger partial charge in [-0.25, -0.2) is 4.98 Å². The molecule has 0 N–H and O–H groups in total. The molecule has 1 aromatic carbocycles. The molecule has 2 heterocycles. The summed E-state index contributed by atoms with van der Waals surface area (Å²) in [6.07, 6.45) is 4.76. The Bertz CT molecular complexity index is 540. The van der Waals surface area contributed by atoms with Crippen LogP contribution >= 0.6 is 0 Å². The lowest BCUT2D eigenvalue weighted by Gasteiger charge is -2.19. The molecule has 1 aliphatic rings. The summed E-state index contributed by atoms with van der Waals surface area (Å²) in [6, 6.07) is 8.48. The Labute approximate surface area is 102 Å². The van der Waals surface area contributed by atoms with Gasteiger partial charge in [-0.15, -0.1) is 0 Å². The molecule has 3 rings (SSSR count). The van der Waals surface area contributed by atoms with Gasteiger partial charge in [0.1, 0.15) is 5.82 Å². The standard InChI is InChI=1S/C15H18N2/c1-11-6-3-4-8-13(11)14-10-17-9-5-7-12(2)15(17)16-14/h3-4,6,8,10,12H,5,7,9H2,1-2H3. The van der Waals surface area contributed by atoms with Crippen molar-refractivity contribution < 1.29 is 0 Å². The summed E-state index contributed by atoms with van der Waals surface area (Å²) in [5, 5.41) is 0. The van der Waals surface area contributed by atoms with Crippen LogP contribution < -0.4 is 0 Å². The van der Waals surface area contributed by atoms with Crippen LogP contribution in [0.15, 0.2) is 30.5 Å². The third-order valence-electron chi connectivity index (χ3n) is 3.71. The minimum absolute atomic E-state index is 0.599. The number of rotatable bonds is 1. The van der Waals surface area contributed by atoms with Crippen molar-refractivity contribution in [3.63, 3.8) is 0 Å². The zero-order valence-corrected chi connectivity index (χ0v) is 10.5.